The third-order valence-electron chi connectivity index (χ3n) is 4.87. The molecule has 3 rings (SSSR count). The predicted octanol–water partition coefficient (Wildman–Crippen LogP) is 5.45. The molecule has 0 aliphatic carbocycles. The zero-order valence-corrected chi connectivity index (χ0v) is 17.3. The van der Waals surface area contributed by atoms with Gasteiger partial charge in [-0.15, -0.1) is 13.2 Å². The van der Waals surface area contributed by atoms with E-state index in [9.17, 15) is 18.3 Å². The maximum Gasteiger partial charge on any atom is 0.573 e. The van der Waals surface area contributed by atoms with E-state index in [0.717, 1.165) is 23.1 Å². The van der Waals surface area contributed by atoms with Gasteiger partial charge in [0.25, 0.3) is 0 Å². The Bertz CT molecular complexity index is 959. The third-order valence-corrected chi connectivity index (χ3v) is 4.87. The lowest BCUT2D eigenvalue weighted by Gasteiger charge is -2.26. The van der Waals surface area contributed by atoms with Crippen LogP contribution in [0.15, 0.2) is 60.9 Å². The van der Waals surface area contributed by atoms with Crippen LogP contribution in [0, 0.1) is 0 Å². The molecule has 0 aliphatic rings. The van der Waals surface area contributed by atoms with Crippen LogP contribution >= 0.6 is 0 Å². The first-order chi connectivity index (χ1) is 14.7. The summed E-state index contributed by atoms with van der Waals surface area (Å²) in [4.78, 5) is 10.9. The number of aromatic nitrogens is 2. The molecule has 0 aliphatic heterocycles. The summed E-state index contributed by atoms with van der Waals surface area (Å²) in [5, 5.41) is 9.52. The Kier molecular flexibility index (Phi) is 6.99. The van der Waals surface area contributed by atoms with Gasteiger partial charge in [-0.25, -0.2) is 9.97 Å². The fourth-order valence-electron chi connectivity index (χ4n) is 3.17. The Morgan fingerprint density at radius 2 is 1.58 bits per heavy atom. The maximum absolute atomic E-state index is 12.4. The lowest BCUT2D eigenvalue weighted by atomic mass is 10.0. The predicted molar refractivity (Wildman–Crippen MR) is 112 cm³/mol. The number of ether oxygens (including phenoxy) is 1. The normalized spacial score (nSPS) is 12.4. The Morgan fingerprint density at radius 3 is 2.13 bits per heavy atom. The van der Waals surface area contributed by atoms with Gasteiger partial charge in [0.1, 0.15) is 11.5 Å². The van der Waals surface area contributed by atoms with Crippen molar-refractivity contribution >= 4 is 5.95 Å². The lowest BCUT2D eigenvalue weighted by Crippen LogP contribution is -2.29. The van der Waals surface area contributed by atoms with E-state index in [2.05, 4.69) is 21.6 Å². The molecule has 0 saturated heterocycles. The average Bonchev–Trinajstić information content (AvgIpc) is 2.74. The molecule has 8 heteroatoms. The van der Waals surface area contributed by atoms with Crippen LogP contribution in [0.25, 0.3) is 0 Å². The SMILES string of the molecule is CCc1cnc(N(Cc2ccc(OC(F)(F)F)cc2)CC(C)c2ccc(O)cc2)nc1. The molecule has 164 valence electrons. The number of aryl methyl sites for hydroxylation is 1. The van der Waals surface area contributed by atoms with E-state index in [1.54, 1.807) is 36.7 Å². The van der Waals surface area contributed by atoms with Gasteiger partial charge in [-0.1, -0.05) is 38.1 Å². The zero-order chi connectivity index (χ0) is 22.4. The van der Waals surface area contributed by atoms with E-state index in [0.29, 0.717) is 19.0 Å². The maximum atomic E-state index is 12.4. The van der Waals surface area contributed by atoms with Crippen LogP contribution in [0.5, 0.6) is 11.5 Å². The molecule has 31 heavy (non-hydrogen) atoms. The first-order valence-corrected chi connectivity index (χ1v) is 9.93. The third kappa shape index (κ3) is 6.60. The number of anilines is 1. The molecule has 1 aromatic heterocycles. The van der Waals surface area contributed by atoms with Crippen molar-refractivity contribution in [2.75, 3.05) is 11.4 Å². The summed E-state index contributed by atoms with van der Waals surface area (Å²) < 4.78 is 41.2. The van der Waals surface area contributed by atoms with Crippen molar-refractivity contribution in [3.05, 3.63) is 77.6 Å². The Morgan fingerprint density at radius 1 is 0.968 bits per heavy atom. The molecule has 0 spiro atoms. The summed E-state index contributed by atoms with van der Waals surface area (Å²) in [6.07, 6.45) is -0.339. The number of halogens is 3. The molecule has 0 radical (unpaired) electrons. The summed E-state index contributed by atoms with van der Waals surface area (Å²) in [7, 11) is 0. The largest absolute Gasteiger partial charge is 0.573 e. The fourth-order valence-corrected chi connectivity index (χ4v) is 3.17. The van der Waals surface area contributed by atoms with Crippen LogP contribution in [0.1, 0.15) is 36.5 Å². The van der Waals surface area contributed by atoms with E-state index in [1.165, 1.54) is 12.1 Å². The number of benzene rings is 2. The summed E-state index contributed by atoms with van der Waals surface area (Å²) in [6.45, 7) is 5.07. The molecule has 0 fully saturated rings. The van der Waals surface area contributed by atoms with Gasteiger partial charge in [0.2, 0.25) is 5.95 Å². The highest BCUT2D eigenvalue weighted by molar-refractivity contribution is 5.37. The standard InChI is InChI=1S/C23H24F3N3O2/c1-3-17-12-27-22(28-13-17)29(14-16(2)19-6-8-20(30)9-7-19)15-18-4-10-21(11-5-18)31-23(24,25)26/h4-13,16,30H,3,14-15H2,1-2H3. The van der Waals surface area contributed by atoms with Gasteiger partial charge >= 0.3 is 6.36 Å². The summed E-state index contributed by atoms with van der Waals surface area (Å²) in [5.74, 6) is 0.581. The van der Waals surface area contributed by atoms with Gasteiger partial charge in [-0.2, -0.15) is 0 Å². The topological polar surface area (TPSA) is 58.5 Å². The molecule has 1 atom stereocenters. The number of nitrogens with zero attached hydrogens (tertiary/aromatic N) is 3. The quantitative estimate of drug-likeness (QED) is 0.514. The van der Waals surface area contributed by atoms with E-state index in [1.807, 2.05) is 24.0 Å². The highest BCUT2D eigenvalue weighted by atomic mass is 19.4. The number of rotatable bonds is 8. The number of phenols is 1. The molecular weight excluding hydrogens is 407 g/mol. The number of hydrogen-bond acceptors (Lipinski definition) is 5. The van der Waals surface area contributed by atoms with Crippen molar-refractivity contribution < 1.29 is 23.0 Å². The second-order valence-electron chi connectivity index (χ2n) is 7.31. The monoisotopic (exact) mass is 431 g/mol. The van der Waals surface area contributed by atoms with Gasteiger partial charge in [-0.05, 0) is 53.3 Å². The van der Waals surface area contributed by atoms with Crippen LogP contribution in [0.3, 0.4) is 0 Å². The van der Waals surface area contributed by atoms with Gasteiger partial charge in [0.05, 0.1) is 0 Å². The highest BCUT2D eigenvalue weighted by Crippen LogP contribution is 2.25. The van der Waals surface area contributed by atoms with Gasteiger partial charge in [0, 0.05) is 25.5 Å². The molecular formula is C23H24F3N3O2. The number of alkyl halides is 3. The number of aromatic hydroxyl groups is 1. The summed E-state index contributed by atoms with van der Waals surface area (Å²) >= 11 is 0. The van der Waals surface area contributed by atoms with E-state index < -0.39 is 6.36 Å². The van der Waals surface area contributed by atoms with Crippen molar-refractivity contribution in [3.8, 4) is 11.5 Å². The average molecular weight is 431 g/mol. The van der Waals surface area contributed by atoms with E-state index in [-0.39, 0.29) is 17.4 Å². The minimum absolute atomic E-state index is 0.0999. The Labute approximate surface area is 179 Å². The second kappa shape index (κ2) is 9.68. The van der Waals surface area contributed by atoms with Crippen LogP contribution in [0.4, 0.5) is 19.1 Å². The smallest absolute Gasteiger partial charge is 0.508 e. The second-order valence-corrected chi connectivity index (χ2v) is 7.31. The van der Waals surface area contributed by atoms with Crippen molar-refractivity contribution in [3.63, 3.8) is 0 Å². The molecule has 0 amide bonds. The molecule has 1 heterocycles. The molecule has 0 bridgehead atoms. The minimum Gasteiger partial charge on any atom is -0.508 e. The van der Waals surface area contributed by atoms with E-state index >= 15 is 0 Å². The van der Waals surface area contributed by atoms with Crippen molar-refractivity contribution in [1.82, 2.24) is 9.97 Å². The van der Waals surface area contributed by atoms with Crippen molar-refractivity contribution in [2.24, 2.45) is 0 Å². The highest BCUT2D eigenvalue weighted by Gasteiger charge is 2.31. The molecule has 5 nitrogen and oxygen atoms in total. The number of phenolic OH excluding ortho intramolecular Hbond substituents is 1. The first kappa shape index (κ1) is 22.4. The van der Waals surface area contributed by atoms with Crippen LogP contribution in [-0.4, -0.2) is 28.0 Å². The lowest BCUT2D eigenvalue weighted by molar-refractivity contribution is -0.274. The summed E-state index contributed by atoms with van der Waals surface area (Å²) in [5.41, 5.74) is 2.86. The van der Waals surface area contributed by atoms with Crippen LogP contribution in [-0.2, 0) is 13.0 Å². The Balaban J connectivity index is 1.80. The number of hydrogen-bond donors (Lipinski definition) is 1. The minimum atomic E-state index is -4.72. The summed E-state index contributed by atoms with van der Waals surface area (Å²) in [6, 6.07) is 12.8. The first-order valence-electron chi connectivity index (χ1n) is 9.93. The van der Waals surface area contributed by atoms with Crippen molar-refractivity contribution in [2.45, 2.75) is 39.1 Å². The molecule has 2 aromatic carbocycles. The molecule has 3 aromatic rings. The fraction of sp³-hybridized carbons (Fsp3) is 0.304. The van der Waals surface area contributed by atoms with Gasteiger partial charge in [-0.3, -0.25) is 0 Å². The van der Waals surface area contributed by atoms with Gasteiger partial charge < -0.3 is 14.7 Å². The Hall–Kier alpha value is -3.29. The van der Waals surface area contributed by atoms with Gasteiger partial charge in [0.15, 0.2) is 0 Å². The molecule has 1 unspecified atom stereocenters. The van der Waals surface area contributed by atoms with Crippen molar-refractivity contribution in [1.29, 1.82) is 0 Å². The van der Waals surface area contributed by atoms with E-state index in [4.69, 9.17) is 0 Å². The molecule has 1 N–H and O–H groups in total. The van der Waals surface area contributed by atoms with Crippen LogP contribution in [0.2, 0.25) is 0 Å². The zero-order valence-electron chi connectivity index (χ0n) is 17.3. The molecule has 0 saturated carbocycles. The van der Waals surface area contributed by atoms with Crippen LogP contribution < -0.4 is 9.64 Å².